The van der Waals surface area contributed by atoms with Crippen LogP contribution >= 0.6 is 0 Å². The number of nitrogens with one attached hydrogen (secondary N) is 1. The number of alkyl carbamates (subject to hydrolysis) is 1. The summed E-state index contributed by atoms with van der Waals surface area (Å²) >= 11 is 0. The van der Waals surface area contributed by atoms with Crippen LogP contribution in [0.25, 0.3) is 0 Å². The molecule has 0 saturated carbocycles. The molecule has 0 spiro atoms. The van der Waals surface area contributed by atoms with Gasteiger partial charge in [0, 0.05) is 6.54 Å². The van der Waals surface area contributed by atoms with Crippen LogP contribution < -0.4 is 20.5 Å². The summed E-state index contributed by atoms with van der Waals surface area (Å²) in [6.45, 7) is 4.61. The van der Waals surface area contributed by atoms with Crippen molar-refractivity contribution in [3.63, 3.8) is 0 Å². The first kappa shape index (κ1) is 21.5. The molecule has 9 nitrogen and oxygen atoms in total. The summed E-state index contributed by atoms with van der Waals surface area (Å²) in [7, 11) is 1.39. The Morgan fingerprint density at radius 2 is 1.88 bits per heavy atom. The van der Waals surface area contributed by atoms with E-state index in [2.05, 4.69) is 5.32 Å². The lowest BCUT2D eigenvalue weighted by Crippen LogP contribution is -2.38. The van der Waals surface area contributed by atoms with Crippen molar-refractivity contribution >= 4 is 12.0 Å². The maximum Gasteiger partial charge on any atom is 0.407 e. The van der Waals surface area contributed by atoms with Gasteiger partial charge in [0.1, 0.15) is 17.8 Å². The number of rotatable bonds is 8. The van der Waals surface area contributed by atoms with Crippen LogP contribution in [0, 0.1) is 0 Å². The van der Waals surface area contributed by atoms with E-state index in [1.54, 1.807) is 20.8 Å². The number of hydrogen-bond donors (Lipinski definition) is 4. The van der Waals surface area contributed by atoms with E-state index in [4.69, 9.17) is 19.9 Å². The molecule has 5 N–H and O–H groups in total. The normalized spacial score (nSPS) is 13.5. The van der Waals surface area contributed by atoms with Crippen LogP contribution in [0.4, 0.5) is 4.79 Å². The molecule has 0 bridgehead atoms. The molecule has 9 heteroatoms. The Morgan fingerprint density at radius 1 is 1.23 bits per heavy atom. The lowest BCUT2D eigenvalue weighted by Gasteiger charge is -2.22. The molecule has 0 radical (unpaired) electrons. The summed E-state index contributed by atoms with van der Waals surface area (Å²) < 4.78 is 15.4. The van der Waals surface area contributed by atoms with Gasteiger partial charge in [-0.3, -0.25) is 4.79 Å². The topological polar surface area (TPSA) is 140 Å². The highest BCUT2D eigenvalue weighted by Gasteiger charge is 2.22. The predicted octanol–water partition coefficient (Wildman–Crippen LogP) is 0.478. The van der Waals surface area contributed by atoms with E-state index in [-0.39, 0.29) is 24.7 Å². The van der Waals surface area contributed by atoms with Crippen molar-refractivity contribution in [2.24, 2.45) is 5.73 Å². The fraction of sp³-hybridized carbons (Fsp3) is 0.529. The number of nitrogens with two attached hydrogens (primary N) is 1. The molecule has 0 aliphatic rings. The van der Waals surface area contributed by atoms with Gasteiger partial charge < -0.3 is 35.5 Å². The van der Waals surface area contributed by atoms with Crippen LogP contribution in [0.15, 0.2) is 18.2 Å². The SMILES string of the molecule is COc1cc(C(O)C(O)CNC(=O)OC(C)(C)C)ccc1OCC(N)=O. The quantitative estimate of drug-likeness (QED) is 0.521. The number of hydrogen-bond acceptors (Lipinski definition) is 7. The molecule has 0 aliphatic heterocycles. The maximum absolute atomic E-state index is 11.6. The van der Waals surface area contributed by atoms with Crippen molar-refractivity contribution < 1.29 is 34.0 Å². The number of primary amides is 1. The molecule has 146 valence electrons. The number of aliphatic hydroxyl groups is 2. The summed E-state index contributed by atoms with van der Waals surface area (Å²) in [6, 6.07) is 4.44. The van der Waals surface area contributed by atoms with Crippen molar-refractivity contribution in [2.45, 2.75) is 38.6 Å². The van der Waals surface area contributed by atoms with Crippen molar-refractivity contribution in [2.75, 3.05) is 20.3 Å². The first-order valence-corrected chi connectivity index (χ1v) is 7.95. The molecule has 1 aromatic carbocycles. The van der Waals surface area contributed by atoms with Gasteiger partial charge in [0.05, 0.1) is 7.11 Å². The van der Waals surface area contributed by atoms with Crippen LogP contribution in [0.3, 0.4) is 0 Å². The fourth-order valence-corrected chi connectivity index (χ4v) is 1.97. The van der Waals surface area contributed by atoms with E-state index >= 15 is 0 Å². The number of benzene rings is 1. The van der Waals surface area contributed by atoms with Gasteiger partial charge in [0.15, 0.2) is 18.1 Å². The molecular weight excluding hydrogens is 344 g/mol. The zero-order chi connectivity index (χ0) is 19.9. The second-order valence-electron chi connectivity index (χ2n) is 6.56. The second-order valence-corrected chi connectivity index (χ2v) is 6.56. The number of aliphatic hydroxyl groups excluding tert-OH is 2. The van der Waals surface area contributed by atoms with Gasteiger partial charge in [-0.2, -0.15) is 0 Å². The number of carbonyl (C=O) groups is 2. The van der Waals surface area contributed by atoms with Gasteiger partial charge >= 0.3 is 6.09 Å². The predicted molar refractivity (Wildman–Crippen MR) is 92.9 cm³/mol. The molecule has 2 atom stereocenters. The summed E-state index contributed by atoms with van der Waals surface area (Å²) in [4.78, 5) is 22.4. The van der Waals surface area contributed by atoms with Gasteiger partial charge in [-0.15, -0.1) is 0 Å². The molecule has 0 aromatic heterocycles. The highest BCUT2D eigenvalue weighted by Crippen LogP contribution is 2.31. The zero-order valence-corrected chi connectivity index (χ0v) is 15.3. The summed E-state index contributed by atoms with van der Waals surface area (Å²) in [6.07, 6.45) is -3.26. The maximum atomic E-state index is 11.6. The third-order valence-corrected chi connectivity index (χ3v) is 3.12. The highest BCUT2D eigenvalue weighted by molar-refractivity contribution is 5.75. The van der Waals surface area contributed by atoms with E-state index in [1.165, 1.54) is 25.3 Å². The van der Waals surface area contributed by atoms with Gasteiger partial charge in [-0.1, -0.05) is 6.07 Å². The van der Waals surface area contributed by atoms with Crippen LogP contribution in [0.2, 0.25) is 0 Å². The Morgan fingerprint density at radius 3 is 2.42 bits per heavy atom. The minimum absolute atomic E-state index is 0.210. The first-order chi connectivity index (χ1) is 12.0. The molecule has 0 aliphatic carbocycles. The summed E-state index contributed by atoms with van der Waals surface area (Å²) in [5, 5.41) is 22.7. The van der Waals surface area contributed by atoms with Gasteiger partial charge in [0.25, 0.3) is 5.91 Å². The third-order valence-electron chi connectivity index (χ3n) is 3.12. The summed E-state index contributed by atoms with van der Waals surface area (Å²) in [5.41, 5.74) is 4.70. The smallest absolute Gasteiger partial charge is 0.407 e. The standard InChI is InChI=1S/C17H26N2O7/c1-17(2,3)26-16(23)19-8-11(20)15(22)10-5-6-12(13(7-10)24-4)25-9-14(18)21/h5-7,11,15,20,22H,8-9H2,1-4H3,(H2,18,21)(H,19,23). The van der Waals surface area contributed by atoms with E-state index in [9.17, 15) is 19.8 Å². The van der Waals surface area contributed by atoms with E-state index in [0.717, 1.165) is 0 Å². The molecule has 26 heavy (non-hydrogen) atoms. The Balaban J connectivity index is 2.71. The molecule has 2 unspecified atom stereocenters. The molecule has 0 fully saturated rings. The fourth-order valence-electron chi connectivity index (χ4n) is 1.97. The number of carbonyl (C=O) groups excluding carboxylic acids is 2. The van der Waals surface area contributed by atoms with E-state index < -0.39 is 29.8 Å². The highest BCUT2D eigenvalue weighted by atomic mass is 16.6. The van der Waals surface area contributed by atoms with Crippen LogP contribution in [0.1, 0.15) is 32.4 Å². The Kier molecular flexibility index (Phi) is 7.66. The van der Waals surface area contributed by atoms with Crippen LogP contribution in [-0.4, -0.2) is 54.2 Å². The Hall–Kier alpha value is -2.52. The van der Waals surface area contributed by atoms with Crippen LogP contribution in [-0.2, 0) is 9.53 Å². The third kappa shape index (κ3) is 7.16. The molecule has 1 rings (SSSR count). The zero-order valence-electron chi connectivity index (χ0n) is 15.3. The molecule has 0 saturated heterocycles. The number of methoxy groups -OCH3 is 1. The second kappa shape index (κ2) is 9.25. The molecule has 1 aromatic rings. The minimum Gasteiger partial charge on any atom is -0.493 e. The molecule has 0 heterocycles. The van der Waals surface area contributed by atoms with Gasteiger partial charge in [-0.05, 0) is 38.5 Å². The average molecular weight is 370 g/mol. The monoisotopic (exact) mass is 370 g/mol. The molecular formula is C17H26N2O7. The minimum atomic E-state index is -1.29. The van der Waals surface area contributed by atoms with Crippen molar-refractivity contribution in [1.82, 2.24) is 5.32 Å². The lowest BCUT2D eigenvalue weighted by atomic mass is 10.0. The number of ether oxygens (including phenoxy) is 3. The van der Waals surface area contributed by atoms with E-state index in [1.807, 2.05) is 0 Å². The molecule has 2 amide bonds. The number of amides is 2. The van der Waals surface area contributed by atoms with Crippen molar-refractivity contribution in [1.29, 1.82) is 0 Å². The summed E-state index contributed by atoms with van der Waals surface area (Å²) in [5.74, 6) is -0.112. The lowest BCUT2D eigenvalue weighted by molar-refractivity contribution is -0.119. The van der Waals surface area contributed by atoms with Crippen LogP contribution in [0.5, 0.6) is 11.5 Å². The van der Waals surface area contributed by atoms with E-state index in [0.29, 0.717) is 5.56 Å². The Labute approximate surface area is 152 Å². The first-order valence-electron chi connectivity index (χ1n) is 7.95. The average Bonchev–Trinajstić information content (AvgIpc) is 2.55. The van der Waals surface area contributed by atoms with Crippen molar-refractivity contribution in [3.05, 3.63) is 23.8 Å². The Bertz CT molecular complexity index is 628. The largest absolute Gasteiger partial charge is 0.493 e. The van der Waals surface area contributed by atoms with Crippen molar-refractivity contribution in [3.8, 4) is 11.5 Å². The van der Waals surface area contributed by atoms with Gasteiger partial charge in [-0.25, -0.2) is 4.79 Å². The van der Waals surface area contributed by atoms with Gasteiger partial charge in [0.2, 0.25) is 0 Å².